The molecule has 0 spiro atoms. The van der Waals surface area contributed by atoms with Gasteiger partial charge in [0.15, 0.2) is 5.82 Å². The summed E-state index contributed by atoms with van der Waals surface area (Å²) < 4.78 is 10.8. The second-order valence-electron chi connectivity index (χ2n) is 4.18. The Kier molecular flexibility index (Phi) is 2.42. The topological polar surface area (TPSA) is 60.2 Å². The molecule has 1 aromatic rings. The molecule has 0 saturated carbocycles. The minimum Gasteiger partial charge on any atom is -0.368 e. The van der Waals surface area contributed by atoms with Gasteiger partial charge in [-0.2, -0.15) is 4.98 Å². The van der Waals surface area contributed by atoms with Crippen molar-refractivity contribution in [2.24, 2.45) is 0 Å². The van der Waals surface area contributed by atoms with Gasteiger partial charge in [-0.15, -0.1) is 0 Å². The van der Waals surface area contributed by atoms with Gasteiger partial charge < -0.3 is 14.6 Å². The van der Waals surface area contributed by atoms with E-state index >= 15 is 0 Å². The van der Waals surface area contributed by atoms with Gasteiger partial charge >= 0.3 is 0 Å². The fourth-order valence-corrected chi connectivity index (χ4v) is 2.19. The minimum atomic E-state index is 0.0422. The van der Waals surface area contributed by atoms with E-state index in [9.17, 15) is 0 Å². The van der Waals surface area contributed by atoms with Crippen LogP contribution in [0.4, 0.5) is 0 Å². The van der Waals surface area contributed by atoms with Crippen molar-refractivity contribution < 1.29 is 9.26 Å². The lowest BCUT2D eigenvalue weighted by molar-refractivity contribution is 0.0835. The largest absolute Gasteiger partial charge is 0.368 e. The molecule has 1 aromatic heterocycles. The molecule has 2 saturated heterocycles. The van der Waals surface area contributed by atoms with Gasteiger partial charge in [0.25, 0.3) is 5.89 Å². The van der Waals surface area contributed by atoms with Crippen molar-refractivity contribution in [3.63, 3.8) is 0 Å². The predicted octanol–water partition coefficient (Wildman–Crippen LogP) is 0.998. The molecule has 0 aromatic carbocycles. The van der Waals surface area contributed by atoms with E-state index in [0.717, 1.165) is 44.8 Å². The quantitative estimate of drug-likeness (QED) is 0.787. The number of rotatable bonds is 2. The summed E-state index contributed by atoms with van der Waals surface area (Å²) in [5.41, 5.74) is 0. The van der Waals surface area contributed by atoms with E-state index in [1.165, 1.54) is 0 Å². The van der Waals surface area contributed by atoms with Crippen LogP contribution in [-0.2, 0) is 4.74 Å². The van der Waals surface area contributed by atoms with Crippen LogP contribution in [0.2, 0.25) is 0 Å². The molecule has 0 amide bonds. The Morgan fingerprint density at radius 1 is 1.33 bits per heavy atom. The lowest BCUT2D eigenvalue weighted by Crippen LogP contribution is -2.09. The van der Waals surface area contributed by atoms with Gasteiger partial charge in [0.05, 0.1) is 0 Å². The summed E-state index contributed by atoms with van der Waals surface area (Å²) in [6.45, 7) is 2.83. The van der Waals surface area contributed by atoms with Gasteiger partial charge in [-0.1, -0.05) is 5.16 Å². The summed E-state index contributed by atoms with van der Waals surface area (Å²) >= 11 is 0. The summed E-state index contributed by atoms with van der Waals surface area (Å²) in [6.07, 6.45) is 3.24. The van der Waals surface area contributed by atoms with Gasteiger partial charge in [-0.05, 0) is 25.8 Å². The summed E-state index contributed by atoms with van der Waals surface area (Å²) in [6, 6.07) is 0. The van der Waals surface area contributed by atoms with Crippen LogP contribution in [0.15, 0.2) is 4.52 Å². The first-order valence-corrected chi connectivity index (χ1v) is 5.59. The number of nitrogens with zero attached hydrogens (tertiary/aromatic N) is 2. The molecule has 2 unspecified atom stereocenters. The molecule has 2 fully saturated rings. The third kappa shape index (κ3) is 1.77. The molecule has 0 radical (unpaired) electrons. The Balaban J connectivity index is 1.74. The van der Waals surface area contributed by atoms with E-state index in [1.54, 1.807) is 0 Å². The summed E-state index contributed by atoms with van der Waals surface area (Å²) in [5, 5.41) is 7.33. The second kappa shape index (κ2) is 3.90. The number of nitrogens with one attached hydrogen (secondary N) is 1. The predicted molar refractivity (Wildman–Crippen MR) is 52.5 cm³/mol. The van der Waals surface area contributed by atoms with E-state index in [0.29, 0.717) is 11.8 Å². The molecule has 15 heavy (non-hydrogen) atoms. The first-order valence-electron chi connectivity index (χ1n) is 5.59. The standard InChI is InChI=1S/C10H15N3O2/c1-2-8(14-5-1)10-12-9(13-15-10)7-3-4-11-6-7/h7-8,11H,1-6H2. The van der Waals surface area contributed by atoms with Crippen molar-refractivity contribution >= 4 is 0 Å². The van der Waals surface area contributed by atoms with Gasteiger partial charge in [-0.25, -0.2) is 0 Å². The van der Waals surface area contributed by atoms with E-state index in [4.69, 9.17) is 9.26 Å². The lowest BCUT2D eigenvalue weighted by atomic mass is 10.1. The summed E-state index contributed by atoms with van der Waals surface area (Å²) in [5.74, 6) is 1.92. The highest BCUT2D eigenvalue weighted by Gasteiger charge is 2.27. The van der Waals surface area contributed by atoms with Gasteiger partial charge in [0, 0.05) is 19.1 Å². The Morgan fingerprint density at radius 3 is 3.07 bits per heavy atom. The van der Waals surface area contributed by atoms with E-state index in [-0.39, 0.29) is 6.10 Å². The highest BCUT2D eigenvalue weighted by atomic mass is 16.5. The van der Waals surface area contributed by atoms with Gasteiger partial charge in [0.2, 0.25) is 0 Å². The first-order chi connectivity index (χ1) is 7.43. The maximum Gasteiger partial charge on any atom is 0.255 e. The average molecular weight is 209 g/mol. The zero-order chi connectivity index (χ0) is 10.1. The van der Waals surface area contributed by atoms with Crippen LogP contribution < -0.4 is 5.32 Å². The smallest absolute Gasteiger partial charge is 0.255 e. The van der Waals surface area contributed by atoms with Crippen molar-refractivity contribution in [3.05, 3.63) is 11.7 Å². The summed E-state index contributed by atoms with van der Waals surface area (Å²) in [4.78, 5) is 4.43. The fourth-order valence-electron chi connectivity index (χ4n) is 2.19. The number of aromatic nitrogens is 2. The maximum atomic E-state index is 5.50. The Morgan fingerprint density at radius 2 is 2.33 bits per heavy atom. The Labute approximate surface area is 88.2 Å². The zero-order valence-electron chi connectivity index (χ0n) is 8.61. The van der Waals surface area contributed by atoms with Crippen molar-refractivity contribution in [2.45, 2.75) is 31.3 Å². The van der Waals surface area contributed by atoms with Crippen LogP contribution in [0.3, 0.4) is 0 Å². The number of hydrogen-bond acceptors (Lipinski definition) is 5. The molecule has 82 valence electrons. The van der Waals surface area contributed by atoms with Crippen LogP contribution in [0.5, 0.6) is 0 Å². The van der Waals surface area contributed by atoms with Crippen LogP contribution in [0.25, 0.3) is 0 Å². The van der Waals surface area contributed by atoms with E-state index in [1.807, 2.05) is 0 Å². The second-order valence-corrected chi connectivity index (χ2v) is 4.18. The van der Waals surface area contributed by atoms with E-state index in [2.05, 4.69) is 15.5 Å². The van der Waals surface area contributed by atoms with Crippen LogP contribution in [-0.4, -0.2) is 29.8 Å². The van der Waals surface area contributed by atoms with Gasteiger partial charge in [0.1, 0.15) is 6.10 Å². The first kappa shape index (κ1) is 9.30. The SMILES string of the molecule is C1COC(c2nc(C3CCNC3)no2)C1. The molecule has 0 bridgehead atoms. The zero-order valence-corrected chi connectivity index (χ0v) is 8.61. The molecule has 2 aliphatic heterocycles. The van der Waals surface area contributed by atoms with Crippen molar-refractivity contribution in [1.29, 1.82) is 0 Å². The third-order valence-corrected chi connectivity index (χ3v) is 3.09. The van der Waals surface area contributed by atoms with Crippen molar-refractivity contribution in [1.82, 2.24) is 15.5 Å². The molecule has 2 aliphatic rings. The van der Waals surface area contributed by atoms with E-state index < -0.39 is 0 Å². The van der Waals surface area contributed by atoms with Crippen LogP contribution in [0.1, 0.15) is 43.0 Å². The third-order valence-electron chi connectivity index (χ3n) is 3.09. The monoisotopic (exact) mass is 209 g/mol. The Hall–Kier alpha value is -0.940. The molecule has 3 rings (SSSR count). The molecule has 5 nitrogen and oxygen atoms in total. The molecule has 2 atom stereocenters. The van der Waals surface area contributed by atoms with Crippen LogP contribution in [0, 0.1) is 0 Å². The molecule has 1 N–H and O–H groups in total. The van der Waals surface area contributed by atoms with Crippen molar-refractivity contribution in [2.75, 3.05) is 19.7 Å². The van der Waals surface area contributed by atoms with Crippen LogP contribution >= 0.6 is 0 Å². The normalized spacial score (nSPS) is 31.2. The molecule has 0 aliphatic carbocycles. The highest BCUT2D eigenvalue weighted by Crippen LogP contribution is 2.28. The number of hydrogen-bond donors (Lipinski definition) is 1. The fraction of sp³-hybridized carbons (Fsp3) is 0.800. The highest BCUT2D eigenvalue weighted by molar-refractivity contribution is 5.01. The maximum absolute atomic E-state index is 5.50. The number of ether oxygens (including phenoxy) is 1. The molecule has 3 heterocycles. The summed E-state index contributed by atoms with van der Waals surface area (Å²) in [7, 11) is 0. The Bertz CT molecular complexity index is 297. The average Bonchev–Trinajstić information content (AvgIpc) is 3.02. The van der Waals surface area contributed by atoms with Gasteiger partial charge in [-0.3, -0.25) is 0 Å². The minimum absolute atomic E-state index is 0.0422. The molecule has 5 heteroatoms. The molecular formula is C10H15N3O2. The van der Waals surface area contributed by atoms with Crippen molar-refractivity contribution in [3.8, 4) is 0 Å². The molecular weight excluding hydrogens is 194 g/mol. The lowest BCUT2D eigenvalue weighted by Gasteiger charge is -2.01.